The molecule has 2 aromatic carbocycles. The first-order chi connectivity index (χ1) is 14.2. The van der Waals surface area contributed by atoms with Gasteiger partial charge in [0.15, 0.2) is 5.69 Å². The topological polar surface area (TPSA) is 70.5 Å². The zero-order valence-electron chi connectivity index (χ0n) is 16.4. The molecule has 0 bridgehead atoms. The Kier molecular flexibility index (Phi) is 5.62. The fourth-order valence-electron chi connectivity index (χ4n) is 3.29. The van der Waals surface area contributed by atoms with Crippen LogP contribution in [0.1, 0.15) is 17.7 Å². The summed E-state index contributed by atoms with van der Waals surface area (Å²) in [4.78, 5) is 13.2. The molecule has 0 saturated carbocycles. The number of hydrogen-bond donors (Lipinski definition) is 0. The van der Waals surface area contributed by atoms with Gasteiger partial charge < -0.3 is 0 Å². The van der Waals surface area contributed by atoms with E-state index in [1.165, 1.54) is 5.56 Å². The highest BCUT2D eigenvalue weighted by Crippen LogP contribution is 2.21. The van der Waals surface area contributed by atoms with Crippen molar-refractivity contribution in [2.75, 3.05) is 5.75 Å². The van der Waals surface area contributed by atoms with Gasteiger partial charge in [-0.1, -0.05) is 60.3 Å². The standard InChI is InChI=1S/C21H22N6OS/c1-16-19(20(28)27(25(16)2)18-13-7-4-8-14-18)26-21(22-23-24-26)29-15-9-12-17-10-5-3-6-11-17/h3-8,10-11,13-14H,9,12,15H2,1-2H3. The minimum Gasteiger partial charge on any atom is -0.283 e. The maximum atomic E-state index is 13.2. The number of benzene rings is 2. The van der Waals surface area contributed by atoms with E-state index in [0.717, 1.165) is 30.0 Å². The molecule has 8 heteroatoms. The summed E-state index contributed by atoms with van der Waals surface area (Å²) in [5, 5.41) is 12.7. The molecule has 0 aliphatic heterocycles. The number of aromatic nitrogens is 6. The normalized spacial score (nSPS) is 11.1. The van der Waals surface area contributed by atoms with Gasteiger partial charge in [0.25, 0.3) is 5.56 Å². The van der Waals surface area contributed by atoms with Crippen LogP contribution in [-0.4, -0.2) is 35.3 Å². The van der Waals surface area contributed by atoms with Crippen LogP contribution in [0.5, 0.6) is 0 Å². The molecule has 148 valence electrons. The number of hydrogen-bond acceptors (Lipinski definition) is 5. The summed E-state index contributed by atoms with van der Waals surface area (Å²) in [5.41, 5.74) is 3.26. The lowest BCUT2D eigenvalue weighted by Crippen LogP contribution is -2.22. The summed E-state index contributed by atoms with van der Waals surface area (Å²) >= 11 is 1.57. The fraction of sp³-hybridized carbons (Fsp3) is 0.238. The Bertz CT molecular complexity index is 1150. The van der Waals surface area contributed by atoms with Gasteiger partial charge in [-0.25, -0.2) is 4.68 Å². The number of para-hydroxylation sites is 1. The SMILES string of the molecule is Cc1c(-n2nnnc2SCCCc2ccccc2)c(=O)n(-c2ccccc2)n1C. The van der Waals surface area contributed by atoms with Gasteiger partial charge in [0, 0.05) is 12.8 Å². The third-order valence-electron chi connectivity index (χ3n) is 4.86. The van der Waals surface area contributed by atoms with Gasteiger partial charge in [-0.15, -0.1) is 5.10 Å². The van der Waals surface area contributed by atoms with E-state index in [1.807, 2.05) is 55.1 Å². The average molecular weight is 407 g/mol. The smallest absolute Gasteiger partial charge is 0.283 e. The summed E-state index contributed by atoms with van der Waals surface area (Å²) in [6.45, 7) is 1.90. The van der Waals surface area contributed by atoms with Crippen LogP contribution in [-0.2, 0) is 13.5 Å². The van der Waals surface area contributed by atoms with Crippen LogP contribution in [0, 0.1) is 6.92 Å². The largest absolute Gasteiger partial charge is 0.297 e. The highest BCUT2D eigenvalue weighted by Gasteiger charge is 2.21. The van der Waals surface area contributed by atoms with Crippen molar-refractivity contribution in [2.45, 2.75) is 24.9 Å². The quantitative estimate of drug-likeness (QED) is 0.348. The molecule has 0 spiro atoms. The predicted octanol–water partition coefficient (Wildman–Crippen LogP) is 3.19. The monoisotopic (exact) mass is 406 g/mol. The Balaban J connectivity index is 1.56. The molecule has 0 atom stereocenters. The minimum absolute atomic E-state index is 0.144. The van der Waals surface area contributed by atoms with E-state index >= 15 is 0 Å². The summed E-state index contributed by atoms with van der Waals surface area (Å²) < 4.78 is 5.03. The number of rotatable bonds is 7. The van der Waals surface area contributed by atoms with E-state index in [1.54, 1.807) is 21.1 Å². The maximum absolute atomic E-state index is 13.2. The summed E-state index contributed by atoms with van der Waals surface area (Å²) in [7, 11) is 1.87. The van der Waals surface area contributed by atoms with Crippen LogP contribution in [0.15, 0.2) is 70.6 Å². The number of aryl methyl sites for hydroxylation is 1. The summed E-state index contributed by atoms with van der Waals surface area (Å²) in [5.74, 6) is 0.869. The molecule has 0 aliphatic rings. The van der Waals surface area contributed by atoms with Crippen LogP contribution < -0.4 is 5.56 Å². The van der Waals surface area contributed by atoms with Gasteiger partial charge in [-0.05, 0) is 47.9 Å². The Morgan fingerprint density at radius 1 is 1.00 bits per heavy atom. The third kappa shape index (κ3) is 3.88. The fourth-order valence-corrected chi connectivity index (χ4v) is 4.11. The molecule has 4 aromatic rings. The minimum atomic E-state index is -0.144. The van der Waals surface area contributed by atoms with Gasteiger partial charge in [0.1, 0.15) is 0 Å². The Labute approximate surface area is 173 Å². The highest BCUT2D eigenvalue weighted by molar-refractivity contribution is 7.99. The lowest BCUT2D eigenvalue weighted by Gasteiger charge is -2.07. The number of tetrazole rings is 1. The predicted molar refractivity (Wildman–Crippen MR) is 114 cm³/mol. The zero-order valence-corrected chi connectivity index (χ0v) is 17.2. The molecule has 4 rings (SSSR count). The second-order valence-electron chi connectivity index (χ2n) is 6.72. The van der Waals surface area contributed by atoms with Crippen molar-refractivity contribution in [1.82, 2.24) is 29.6 Å². The number of thioether (sulfide) groups is 1. The molecular weight excluding hydrogens is 384 g/mol. The van der Waals surface area contributed by atoms with E-state index < -0.39 is 0 Å². The van der Waals surface area contributed by atoms with Crippen molar-refractivity contribution in [2.24, 2.45) is 7.05 Å². The second-order valence-corrected chi connectivity index (χ2v) is 7.78. The first kappa shape index (κ1) is 19.2. The van der Waals surface area contributed by atoms with E-state index in [9.17, 15) is 4.79 Å². The maximum Gasteiger partial charge on any atom is 0.297 e. The molecule has 0 N–H and O–H groups in total. The molecule has 0 aliphatic carbocycles. The van der Waals surface area contributed by atoms with Crippen molar-refractivity contribution in [3.63, 3.8) is 0 Å². The molecule has 0 amide bonds. The van der Waals surface area contributed by atoms with Crippen molar-refractivity contribution in [3.8, 4) is 11.4 Å². The van der Waals surface area contributed by atoms with Crippen LogP contribution in [0.4, 0.5) is 0 Å². The first-order valence-electron chi connectivity index (χ1n) is 9.46. The zero-order chi connectivity index (χ0) is 20.2. The van der Waals surface area contributed by atoms with E-state index in [0.29, 0.717) is 10.8 Å². The van der Waals surface area contributed by atoms with Gasteiger partial charge in [-0.3, -0.25) is 9.48 Å². The Hall–Kier alpha value is -3.13. The van der Waals surface area contributed by atoms with E-state index in [4.69, 9.17) is 0 Å². The molecule has 0 unspecified atom stereocenters. The van der Waals surface area contributed by atoms with Crippen LogP contribution in [0.25, 0.3) is 11.4 Å². The lowest BCUT2D eigenvalue weighted by molar-refractivity contribution is 0.630. The molecule has 0 radical (unpaired) electrons. The van der Waals surface area contributed by atoms with Gasteiger partial charge in [0.2, 0.25) is 5.16 Å². The van der Waals surface area contributed by atoms with Crippen LogP contribution >= 0.6 is 11.8 Å². The summed E-state index contributed by atoms with van der Waals surface area (Å²) in [6.07, 6.45) is 2.00. The third-order valence-corrected chi connectivity index (χ3v) is 5.87. The molecular formula is C21H22N6OS. The van der Waals surface area contributed by atoms with E-state index in [2.05, 4.69) is 39.8 Å². The molecule has 0 fully saturated rings. The first-order valence-corrected chi connectivity index (χ1v) is 10.4. The van der Waals surface area contributed by atoms with Crippen molar-refractivity contribution in [1.29, 1.82) is 0 Å². The second kappa shape index (κ2) is 8.48. The van der Waals surface area contributed by atoms with Gasteiger partial charge >= 0.3 is 0 Å². The van der Waals surface area contributed by atoms with Gasteiger partial charge in [-0.2, -0.15) is 4.68 Å². The number of nitrogens with zero attached hydrogens (tertiary/aromatic N) is 6. The summed E-state index contributed by atoms with van der Waals surface area (Å²) in [6, 6.07) is 20.0. The lowest BCUT2D eigenvalue weighted by atomic mass is 10.1. The van der Waals surface area contributed by atoms with Gasteiger partial charge in [0.05, 0.1) is 11.4 Å². The van der Waals surface area contributed by atoms with Crippen molar-refractivity contribution >= 4 is 11.8 Å². The van der Waals surface area contributed by atoms with E-state index in [-0.39, 0.29) is 5.56 Å². The molecule has 7 nitrogen and oxygen atoms in total. The van der Waals surface area contributed by atoms with Crippen LogP contribution in [0.2, 0.25) is 0 Å². The molecule has 29 heavy (non-hydrogen) atoms. The Morgan fingerprint density at radius 2 is 1.69 bits per heavy atom. The molecule has 2 heterocycles. The van der Waals surface area contributed by atoms with Crippen molar-refractivity contribution in [3.05, 3.63) is 82.3 Å². The Morgan fingerprint density at radius 3 is 2.41 bits per heavy atom. The highest BCUT2D eigenvalue weighted by atomic mass is 32.2. The molecule has 0 saturated heterocycles. The van der Waals surface area contributed by atoms with Crippen LogP contribution in [0.3, 0.4) is 0 Å². The molecule has 2 aromatic heterocycles. The average Bonchev–Trinajstić information content (AvgIpc) is 3.29. The van der Waals surface area contributed by atoms with Crippen molar-refractivity contribution < 1.29 is 0 Å².